The lowest BCUT2D eigenvalue weighted by Crippen LogP contribution is -1.99. The van der Waals surface area contributed by atoms with Gasteiger partial charge in [0.15, 0.2) is 5.82 Å². The first kappa shape index (κ1) is 16.8. The van der Waals surface area contributed by atoms with Gasteiger partial charge in [0.05, 0.1) is 11.4 Å². The van der Waals surface area contributed by atoms with Gasteiger partial charge in [0, 0.05) is 25.6 Å². The summed E-state index contributed by atoms with van der Waals surface area (Å²) in [6.07, 6.45) is 3.52. The smallest absolute Gasteiger partial charge is 0.160 e. The highest BCUT2D eigenvalue weighted by Gasteiger charge is 2.13. The molecule has 0 atom stereocenters. The molecule has 0 radical (unpaired) electrons. The molecule has 1 aromatic heterocycles. The zero-order valence-electron chi connectivity index (χ0n) is 12.8. The van der Waals surface area contributed by atoms with Crippen LogP contribution in [0.15, 0.2) is 70.6 Å². The molecule has 3 rings (SSSR count). The van der Waals surface area contributed by atoms with Gasteiger partial charge in [-0.15, -0.1) is 0 Å². The average molecular weight is 442 g/mol. The quantitative estimate of drug-likeness (QED) is 0.454. The third-order valence-electron chi connectivity index (χ3n) is 3.59. The molecule has 0 aliphatic rings. The third kappa shape index (κ3) is 3.40. The molecule has 0 aliphatic heterocycles. The molecule has 0 saturated carbocycles. The van der Waals surface area contributed by atoms with Gasteiger partial charge in [0.1, 0.15) is 0 Å². The monoisotopic (exact) mass is 440 g/mol. The van der Waals surface area contributed by atoms with Crippen LogP contribution in [0, 0.1) is 0 Å². The highest BCUT2D eigenvalue weighted by molar-refractivity contribution is 9.10. The molecule has 0 saturated heterocycles. The molecular weight excluding hydrogens is 428 g/mol. The fourth-order valence-electron chi connectivity index (χ4n) is 2.40. The Morgan fingerprint density at radius 3 is 1.75 bits per heavy atom. The molecule has 0 amide bonds. The molecule has 0 unspecified atom stereocenters. The van der Waals surface area contributed by atoms with E-state index in [4.69, 9.17) is 4.98 Å². The summed E-state index contributed by atoms with van der Waals surface area (Å²) in [5.41, 5.74) is 4.47. The first-order valence-corrected chi connectivity index (χ1v) is 8.89. The van der Waals surface area contributed by atoms with Gasteiger partial charge in [-0.3, -0.25) is 0 Å². The molecule has 2 nitrogen and oxygen atoms in total. The lowest BCUT2D eigenvalue weighted by atomic mass is 10.0. The highest BCUT2D eigenvalue weighted by atomic mass is 79.9. The minimum Gasteiger partial charge on any atom is -0.228 e. The van der Waals surface area contributed by atoms with Gasteiger partial charge in [0.25, 0.3) is 0 Å². The van der Waals surface area contributed by atoms with Crippen LogP contribution >= 0.6 is 31.9 Å². The van der Waals surface area contributed by atoms with Crippen molar-refractivity contribution in [2.75, 3.05) is 0 Å². The Morgan fingerprint density at radius 2 is 1.25 bits per heavy atom. The van der Waals surface area contributed by atoms with Crippen molar-refractivity contribution in [2.24, 2.45) is 0 Å². The largest absolute Gasteiger partial charge is 0.228 e. The Labute approximate surface area is 158 Å². The van der Waals surface area contributed by atoms with E-state index in [0.717, 1.165) is 37.0 Å². The Morgan fingerprint density at radius 1 is 0.708 bits per heavy atom. The fraction of sp³-hybridized carbons (Fsp3) is 0. The first-order chi connectivity index (χ1) is 11.6. The van der Waals surface area contributed by atoms with Crippen molar-refractivity contribution < 1.29 is 0 Å². The Kier molecular flexibility index (Phi) is 5.07. The summed E-state index contributed by atoms with van der Waals surface area (Å²) >= 11 is 6.92. The molecule has 0 aliphatic carbocycles. The first-order valence-electron chi connectivity index (χ1n) is 7.31. The van der Waals surface area contributed by atoms with Crippen molar-refractivity contribution in [3.05, 3.63) is 81.9 Å². The van der Waals surface area contributed by atoms with Gasteiger partial charge in [-0.05, 0) is 30.3 Å². The minimum absolute atomic E-state index is 0.668. The van der Waals surface area contributed by atoms with E-state index in [9.17, 15) is 0 Å². The number of nitrogens with zero attached hydrogens (tertiary/aromatic N) is 2. The molecule has 0 N–H and O–H groups in total. The fourth-order valence-corrected chi connectivity index (χ4v) is 2.93. The van der Waals surface area contributed by atoms with E-state index in [2.05, 4.69) is 50.0 Å². The maximum atomic E-state index is 4.79. The number of aromatic nitrogens is 2. The molecule has 24 heavy (non-hydrogen) atoms. The highest BCUT2D eigenvalue weighted by Crippen LogP contribution is 2.29. The van der Waals surface area contributed by atoms with Crippen LogP contribution in [0.5, 0.6) is 0 Å². The summed E-state index contributed by atoms with van der Waals surface area (Å²) in [6.45, 7) is 7.80. The van der Waals surface area contributed by atoms with Crippen LogP contribution in [0.4, 0.5) is 0 Å². The minimum atomic E-state index is 0.668. The van der Waals surface area contributed by atoms with Crippen molar-refractivity contribution in [1.82, 2.24) is 9.97 Å². The van der Waals surface area contributed by atoms with E-state index < -0.39 is 0 Å². The Bertz CT molecular complexity index is 898. The van der Waals surface area contributed by atoms with E-state index in [-0.39, 0.29) is 0 Å². The molecule has 0 fully saturated rings. The van der Waals surface area contributed by atoms with Crippen LogP contribution in [0.2, 0.25) is 0 Å². The van der Waals surface area contributed by atoms with E-state index >= 15 is 0 Å². The van der Waals surface area contributed by atoms with Gasteiger partial charge in [-0.1, -0.05) is 75.4 Å². The summed E-state index contributed by atoms with van der Waals surface area (Å²) in [6, 6.07) is 16.0. The SMILES string of the molecule is C=Cc1nc(-c2ccc(Br)cc2)nc(-c2ccc(Br)cc2)c1C=C. The molecule has 3 aromatic rings. The number of hydrogen-bond donors (Lipinski definition) is 0. The Hall–Kier alpha value is -2.04. The summed E-state index contributed by atoms with van der Waals surface area (Å²) in [4.78, 5) is 9.43. The predicted octanol–water partition coefficient (Wildman–Crippen LogP) is 6.62. The summed E-state index contributed by atoms with van der Waals surface area (Å²) in [7, 11) is 0. The maximum absolute atomic E-state index is 4.79. The number of benzene rings is 2. The van der Waals surface area contributed by atoms with E-state index in [1.807, 2.05) is 48.5 Å². The number of hydrogen-bond acceptors (Lipinski definition) is 2. The topological polar surface area (TPSA) is 25.8 Å². The van der Waals surface area contributed by atoms with Crippen molar-refractivity contribution in [3.8, 4) is 22.6 Å². The summed E-state index contributed by atoms with van der Waals surface area (Å²) in [5.74, 6) is 0.668. The second kappa shape index (κ2) is 7.24. The van der Waals surface area contributed by atoms with Crippen molar-refractivity contribution in [1.29, 1.82) is 0 Å². The standard InChI is InChI=1S/C20H14Br2N2/c1-3-17-18(4-2)23-20(14-7-11-16(22)12-8-14)24-19(17)13-5-9-15(21)10-6-13/h3-12H,1-2H2. The predicted molar refractivity (Wildman–Crippen MR) is 108 cm³/mol. The van der Waals surface area contributed by atoms with Crippen LogP contribution in [-0.4, -0.2) is 9.97 Å². The molecule has 118 valence electrons. The second-order valence-corrected chi connectivity index (χ2v) is 6.95. The normalized spacial score (nSPS) is 10.4. The molecule has 1 heterocycles. The van der Waals surface area contributed by atoms with Gasteiger partial charge in [-0.2, -0.15) is 0 Å². The van der Waals surface area contributed by atoms with Crippen LogP contribution < -0.4 is 0 Å². The van der Waals surface area contributed by atoms with Crippen LogP contribution in [0.1, 0.15) is 11.3 Å². The zero-order chi connectivity index (χ0) is 17.1. The lowest BCUT2D eigenvalue weighted by Gasteiger charge is -2.12. The lowest BCUT2D eigenvalue weighted by molar-refractivity contribution is 1.15. The van der Waals surface area contributed by atoms with Gasteiger partial charge in [0.2, 0.25) is 0 Å². The maximum Gasteiger partial charge on any atom is 0.160 e. The molecule has 0 bridgehead atoms. The molecule has 4 heteroatoms. The van der Waals surface area contributed by atoms with E-state index in [1.54, 1.807) is 12.2 Å². The molecular formula is C20H14Br2N2. The molecule has 2 aromatic carbocycles. The van der Waals surface area contributed by atoms with Crippen molar-refractivity contribution >= 4 is 44.0 Å². The average Bonchev–Trinajstić information content (AvgIpc) is 2.62. The third-order valence-corrected chi connectivity index (χ3v) is 4.65. The van der Waals surface area contributed by atoms with Crippen LogP contribution in [0.3, 0.4) is 0 Å². The van der Waals surface area contributed by atoms with Gasteiger partial charge in [-0.25, -0.2) is 9.97 Å². The summed E-state index contributed by atoms with van der Waals surface area (Å²) < 4.78 is 2.04. The van der Waals surface area contributed by atoms with E-state index in [1.165, 1.54) is 0 Å². The van der Waals surface area contributed by atoms with Crippen LogP contribution in [-0.2, 0) is 0 Å². The Balaban J connectivity index is 2.24. The van der Waals surface area contributed by atoms with Crippen molar-refractivity contribution in [3.63, 3.8) is 0 Å². The van der Waals surface area contributed by atoms with Gasteiger partial charge < -0.3 is 0 Å². The summed E-state index contributed by atoms with van der Waals surface area (Å²) in [5, 5.41) is 0. The van der Waals surface area contributed by atoms with E-state index in [0.29, 0.717) is 5.82 Å². The van der Waals surface area contributed by atoms with Gasteiger partial charge >= 0.3 is 0 Å². The van der Waals surface area contributed by atoms with Crippen molar-refractivity contribution in [2.45, 2.75) is 0 Å². The molecule has 0 spiro atoms. The number of rotatable bonds is 4. The zero-order valence-corrected chi connectivity index (χ0v) is 16.0. The second-order valence-electron chi connectivity index (χ2n) is 5.12. The van der Waals surface area contributed by atoms with Crippen LogP contribution in [0.25, 0.3) is 34.8 Å². The number of halogens is 2.